The first-order valence-corrected chi connectivity index (χ1v) is 6.24. The minimum Gasteiger partial charge on any atom is -0.370 e. The van der Waals surface area contributed by atoms with Crippen LogP contribution in [0.1, 0.15) is 46.3 Å². The van der Waals surface area contributed by atoms with Crippen molar-refractivity contribution in [3.63, 3.8) is 0 Å². The molecular formula is C12H24N6. The van der Waals surface area contributed by atoms with Crippen LogP contribution in [-0.4, -0.2) is 27.7 Å². The Morgan fingerprint density at radius 1 is 1.44 bits per heavy atom. The minimum absolute atomic E-state index is 0.0557. The van der Waals surface area contributed by atoms with Gasteiger partial charge in [0.05, 0.1) is 0 Å². The lowest BCUT2D eigenvalue weighted by atomic mass is 9.96. The zero-order chi connectivity index (χ0) is 13.8. The summed E-state index contributed by atoms with van der Waals surface area (Å²) in [6, 6.07) is 0. The van der Waals surface area contributed by atoms with Gasteiger partial charge in [-0.25, -0.2) is 9.98 Å². The van der Waals surface area contributed by atoms with Gasteiger partial charge in [-0.15, -0.1) is 0 Å². The van der Waals surface area contributed by atoms with Crippen molar-refractivity contribution in [2.24, 2.45) is 16.6 Å². The maximum atomic E-state index is 5.74. The molecule has 0 saturated carbocycles. The van der Waals surface area contributed by atoms with Crippen LogP contribution < -0.4 is 11.1 Å². The average molecular weight is 252 g/mol. The van der Waals surface area contributed by atoms with Crippen molar-refractivity contribution >= 4 is 5.96 Å². The number of hydrogen-bond donors (Lipinski definition) is 3. The van der Waals surface area contributed by atoms with E-state index in [0.29, 0.717) is 18.4 Å². The highest BCUT2D eigenvalue weighted by molar-refractivity contribution is 5.77. The van der Waals surface area contributed by atoms with Crippen molar-refractivity contribution < 1.29 is 0 Å². The van der Waals surface area contributed by atoms with Crippen LogP contribution >= 0.6 is 0 Å². The van der Waals surface area contributed by atoms with Gasteiger partial charge < -0.3 is 11.1 Å². The normalized spacial score (nSPS) is 13.1. The molecule has 0 fully saturated rings. The summed E-state index contributed by atoms with van der Waals surface area (Å²) < 4.78 is 0. The Balaban J connectivity index is 2.53. The second kappa shape index (κ2) is 5.84. The summed E-state index contributed by atoms with van der Waals surface area (Å²) in [7, 11) is 0. The lowest BCUT2D eigenvalue weighted by Gasteiger charge is -2.11. The molecule has 18 heavy (non-hydrogen) atoms. The fraction of sp³-hybridized carbons (Fsp3) is 0.750. The van der Waals surface area contributed by atoms with Crippen LogP contribution in [0.4, 0.5) is 0 Å². The van der Waals surface area contributed by atoms with Crippen LogP contribution in [0.15, 0.2) is 4.99 Å². The summed E-state index contributed by atoms with van der Waals surface area (Å²) in [5, 5.41) is 10.1. The second-order valence-electron chi connectivity index (χ2n) is 5.83. The van der Waals surface area contributed by atoms with Crippen molar-refractivity contribution in [3.05, 3.63) is 11.6 Å². The van der Waals surface area contributed by atoms with Crippen LogP contribution in [0.3, 0.4) is 0 Å². The van der Waals surface area contributed by atoms with Gasteiger partial charge >= 0.3 is 0 Å². The second-order valence-corrected chi connectivity index (χ2v) is 5.83. The Morgan fingerprint density at radius 3 is 2.61 bits per heavy atom. The van der Waals surface area contributed by atoms with Gasteiger partial charge in [-0.05, 0) is 5.92 Å². The third kappa shape index (κ3) is 4.73. The van der Waals surface area contributed by atoms with E-state index in [2.05, 4.69) is 60.1 Å². The van der Waals surface area contributed by atoms with Crippen LogP contribution in [0.5, 0.6) is 0 Å². The van der Waals surface area contributed by atoms with Gasteiger partial charge in [-0.3, -0.25) is 5.10 Å². The molecule has 0 spiro atoms. The zero-order valence-corrected chi connectivity index (χ0v) is 11.9. The van der Waals surface area contributed by atoms with E-state index >= 15 is 0 Å². The number of H-pyrrole nitrogens is 1. The summed E-state index contributed by atoms with van der Waals surface area (Å²) in [6.45, 7) is 11.7. The molecule has 0 bridgehead atoms. The zero-order valence-electron chi connectivity index (χ0n) is 11.9. The van der Waals surface area contributed by atoms with Gasteiger partial charge in [0.15, 0.2) is 11.8 Å². The van der Waals surface area contributed by atoms with E-state index in [-0.39, 0.29) is 5.41 Å². The van der Waals surface area contributed by atoms with Crippen LogP contribution in [-0.2, 0) is 12.0 Å². The molecule has 0 saturated heterocycles. The van der Waals surface area contributed by atoms with E-state index in [9.17, 15) is 0 Å². The highest BCUT2D eigenvalue weighted by Gasteiger charge is 2.18. The van der Waals surface area contributed by atoms with Crippen LogP contribution in [0.2, 0.25) is 0 Å². The maximum absolute atomic E-state index is 5.74. The fourth-order valence-electron chi connectivity index (χ4n) is 1.23. The molecule has 0 aliphatic rings. The molecular weight excluding hydrogens is 228 g/mol. The first-order chi connectivity index (χ1) is 8.29. The molecule has 0 amide bonds. The Morgan fingerprint density at radius 2 is 2.11 bits per heavy atom. The van der Waals surface area contributed by atoms with Gasteiger partial charge in [-0.1, -0.05) is 34.6 Å². The lowest BCUT2D eigenvalue weighted by Crippen LogP contribution is -2.34. The number of nitrogens with two attached hydrogens (primary N) is 1. The molecule has 0 aliphatic heterocycles. The van der Waals surface area contributed by atoms with Gasteiger partial charge in [0, 0.05) is 12.0 Å². The van der Waals surface area contributed by atoms with Crippen molar-refractivity contribution in [2.75, 3.05) is 6.54 Å². The fourth-order valence-corrected chi connectivity index (χ4v) is 1.23. The third-order valence-corrected chi connectivity index (χ3v) is 2.29. The van der Waals surface area contributed by atoms with E-state index in [1.807, 2.05) is 0 Å². The summed E-state index contributed by atoms with van der Waals surface area (Å²) in [5.74, 6) is 2.50. The molecule has 102 valence electrons. The average Bonchev–Trinajstić information content (AvgIpc) is 2.71. The third-order valence-electron chi connectivity index (χ3n) is 2.29. The van der Waals surface area contributed by atoms with Gasteiger partial charge in [-0.2, -0.15) is 5.10 Å². The number of aliphatic imine (C=N–C) groups is 1. The van der Waals surface area contributed by atoms with Crippen LogP contribution in [0, 0.1) is 5.92 Å². The van der Waals surface area contributed by atoms with E-state index in [0.717, 1.165) is 18.2 Å². The topological polar surface area (TPSA) is 92.0 Å². The van der Waals surface area contributed by atoms with E-state index in [4.69, 9.17) is 5.73 Å². The molecule has 0 aliphatic carbocycles. The molecule has 6 nitrogen and oxygen atoms in total. The Bertz CT molecular complexity index is 399. The van der Waals surface area contributed by atoms with Gasteiger partial charge in [0.2, 0.25) is 0 Å². The summed E-state index contributed by atoms with van der Waals surface area (Å²) >= 11 is 0. The molecule has 0 unspecified atom stereocenters. The molecule has 0 radical (unpaired) electrons. The Labute approximate surface area is 108 Å². The molecule has 6 heteroatoms. The largest absolute Gasteiger partial charge is 0.370 e. The number of hydrogen-bond acceptors (Lipinski definition) is 3. The Hall–Kier alpha value is -1.59. The van der Waals surface area contributed by atoms with Crippen molar-refractivity contribution in [3.8, 4) is 0 Å². The van der Waals surface area contributed by atoms with E-state index in [1.165, 1.54) is 0 Å². The maximum Gasteiger partial charge on any atom is 0.189 e. The minimum atomic E-state index is -0.0557. The summed E-state index contributed by atoms with van der Waals surface area (Å²) in [4.78, 5) is 8.60. The molecule has 0 aromatic carbocycles. The van der Waals surface area contributed by atoms with Gasteiger partial charge in [0.25, 0.3) is 0 Å². The van der Waals surface area contributed by atoms with Crippen molar-refractivity contribution in [1.29, 1.82) is 0 Å². The smallest absolute Gasteiger partial charge is 0.189 e. The molecule has 4 N–H and O–H groups in total. The van der Waals surface area contributed by atoms with Gasteiger partial charge in [0.1, 0.15) is 12.4 Å². The van der Waals surface area contributed by atoms with E-state index < -0.39 is 0 Å². The predicted molar refractivity (Wildman–Crippen MR) is 73.2 cm³/mol. The molecule has 1 heterocycles. The number of aromatic nitrogens is 3. The van der Waals surface area contributed by atoms with Crippen LogP contribution in [0.25, 0.3) is 0 Å². The quantitative estimate of drug-likeness (QED) is 0.554. The summed E-state index contributed by atoms with van der Waals surface area (Å²) in [6.07, 6.45) is 0. The SMILES string of the molecule is CC(C)CNC(N)=NCc1nc(C(C)(C)C)n[nH]1. The molecule has 1 aromatic heterocycles. The van der Waals surface area contributed by atoms with E-state index in [1.54, 1.807) is 0 Å². The monoisotopic (exact) mass is 252 g/mol. The number of nitrogens with one attached hydrogen (secondary N) is 2. The highest BCUT2D eigenvalue weighted by Crippen LogP contribution is 2.17. The highest BCUT2D eigenvalue weighted by atomic mass is 15.2. The standard InChI is InChI=1S/C12H24N6/c1-8(2)6-14-11(13)15-7-9-16-10(18-17-9)12(3,4)5/h8H,6-7H2,1-5H3,(H3,13,14,15)(H,16,17,18). The number of rotatable bonds is 4. The molecule has 0 atom stereocenters. The van der Waals surface area contributed by atoms with Crippen molar-refractivity contribution in [1.82, 2.24) is 20.5 Å². The number of guanidine groups is 1. The predicted octanol–water partition coefficient (Wildman–Crippen LogP) is 1.16. The Kier molecular flexibility index (Phi) is 4.69. The first-order valence-electron chi connectivity index (χ1n) is 6.24. The molecule has 1 rings (SSSR count). The first kappa shape index (κ1) is 14.5. The van der Waals surface area contributed by atoms with Crippen molar-refractivity contribution in [2.45, 2.75) is 46.6 Å². The number of nitrogens with zero attached hydrogens (tertiary/aromatic N) is 3. The molecule has 1 aromatic rings. The lowest BCUT2D eigenvalue weighted by molar-refractivity contribution is 0.547. The number of aromatic amines is 1. The summed E-state index contributed by atoms with van der Waals surface area (Å²) in [5.41, 5.74) is 5.68.